The molecule has 0 fully saturated rings. The van der Waals surface area contributed by atoms with E-state index in [2.05, 4.69) is 10.3 Å². The predicted molar refractivity (Wildman–Crippen MR) is 109 cm³/mol. The number of non-ortho nitro benzene ring substituents is 1. The summed E-state index contributed by atoms with van der Waals surface area (Å²) >= 11 is 0. The molecule has 9 nitrogen and oxygen atoms in total. The molecule has 0 radical (unpaired) electrons. The van der Waals surface area contributed by atoms with Crippen LogP contribution < -0.4 is 5.32 Å². The zero-order valence-electron chi connectivity index (χ0n) is 16.0. The van der Waals surface area contributed by atoms with Gasteiger partial charge in [-0.3, -0.25) is 15.1 Å². The molecule has 0 bridgehead atoms. The quantitative estimate of drug-likeness (QED) is 0.383. The minimum Gasteiger partial charge on any atom is -0.445 e. The Bertz CT molecular complexity index is 1030. The molecule has 2 aromatic carbocycles. The Morgan fingerprint density at radius 3 is 2.63 bits per heavy atom. The van der Waals surface area contributed by atoms with Crippen molar-refractivity contribution in [3.63, 3.8) is 0 Å². The fourth-order valence-corrected chi connectivity index (χ4v) is 3.04. The number of aliphatic hydroxyl groups excluding tert-OH is 2. The maximum absolute atomic E-state index is 11.8. The van der Waals surface area contributed by atoms with Crippen LogP contribution in [0.3, 0.4) is 0 Å². The van der Waals surface area contributed by atoms with Crippen LogP contribution in [0.2, 0.25) is 0 Å². The SMILES string of the molecule is O=C(NCCC(O)C(O)c1ccc([N+](=O)[O-])c2cccnc12)OCc1ccccc1. The van der Waals surface area contributed by atoms with Gasteiger partial charge in [0.25, 0.3) is 5.69 Å². The number of hydrogen-bond donors (Lipinski definition) is 3. The first kappa shape index (κ1) is 21.2. The molecule has 2 atom stereocenters. The number of nitrogens with zero attached hydrogens (tertiary/aromatic N) is 2. The van der Waals surface area contributed by atoms with E-state index >= 15 is 0 Å². The van der Waals surface area contributed by atoms with E-state index in [4.69, 9.17) is 4.74 Å². The second-order valence-corrected chi connectivity index (χ2v) is 6.62. The summed E-state index contributed by atoms with van der Waals surface area (Å²) in [6, 6.07) is 14.9. The number of nitro benzene ring substituents is 1. The average Bonchev–Trinajstić information content (AvgIpc) is 2.77. The number of amides is 1. The Morgan fingerprint density at radius 2 is 1.90 bits per heavy atom. The highest BCUT2D eigenvalue weighted by Gasteiger charge is 2.24. The van der Waals surface area contributed by atoms with Gasteiger partial charge < -0.3 is 20.3 Å². The molecule has 0 aliphatic heterocycles. The van der Waals surface area contributed by atoms with E-state index in [0.717, 1.165) is 5.56 Å². The molecule has 0 saturated heterocycles. The van der Waals surface area contributed by atoms with Crippen LogP contribution in [0.5, 0.6) is 0 Å². The summed E-state index contributed by atoms with van der Waals surface area (Å²) < 4.78 is 5.08. The number of pyridine rings is 1. The van der Waals surface area contributed by atoms with Crippen molar-refractivity contribution in [2.45, 2.75) is 25.2 Å². The van der Waals surface area contributed by atoms with Gasteiger partial charge in [0, 0.05) is 24.4 Å². The molecule has 2 unspecified atom stereocenters. The highest BCUT2D eigenvalue weighted by Crippen LogP contribution is 2.31. The van der Waals surface area contributed by atoms with E-state index < -0.39 is 23.2 Å². The number of ether oxygens (including phenoxy) is 1. The van der Waals surface area contributed by atoms with Crippen LogP contribution in [0.15, 0.2) is 60.8 Å². The van der Waals surface area contributed by atoms with Crippen LogP contribution in [-0.2, 0) is 11.3 Å². The highest BCUT2D eigenvalue weighted by molar-refractivity contribution is 5.90. The minimum atomic E-state index is -1.33. The lowest BCUT2D eigenvalue weighted by Crippen LogP contribution is -2.29. The first-order valence-corrected chi connectivity index (χ1v) is 9.30. The predicted octanol–water partition coefficient (Wildman–Crippen LogP) is 2.85. The molecule has 30 heavy (non-hydrogen) atoms. The molecule has 1 amide bonds. The second-order valence-electron chi connectivity index (χ2n) is 6.62. The van der Waals surface area contributed by atoms with E-state index in [1.165, 1.54) is 24.4 Å². The van der Waals surface area contributed by atoms with Crippen LogP contribution in [0, 0.1) is 10.1 Å². The van der Waals surface area contributed by atoms with Gasteiger partial charge in [0.15, 0.2) is 0 Å². The Labute approximate surface area is 172 Å². The number of aliphatic hydroxyl groups is 2. The molecule has 3 N–H and O–H groups in total. The number of carbonyl (C=O) groups is 1. The maximum Gasteiger partial charge on any atom is 0.407 e. The van der Waals surface area contributed by atoms with E-state index in [1.54, 1.807) is 6.07 Å². The molecule has 0 aliphatic rings. The Kier molecular flexibility index (Phi) is 6.89. The summed E-state index contributed by atoms with van der Waals surface area (Å²) in [5, 5.41) is 34.8. The molecule has 0 saturated carbocycles. The molecule has 1 aromatic heterocycles. The number of nitro groups is 1. The number of carbonyl (C=O) groups excluding carboxylic acids is 1. The van der Waals surface area contributed by atoms with E-state index in [-0.39, 0.29) is 41.7 Å². The van der Waals surface area contributed by atoms with Crippen LogP contribution in [0.4, 0.5) is 10.5 Å². The van der Waals surface area contributed by atoms with Crippen molar-refractivity contribution in [3.8, 4) is 0 Å². The third kappa shape index (κ3) is 5.07. The van der Waals surface area contributed by atoms with Gasteiger partial charge in [0.1, 0.15) is 12.7 Å². The molecule has 9 heteroatoms. The molecule has 1 heterocycles. The number of hydrogen-bond acceptors (Lipinski definition) is 7. The zero-order valence-corrected chi connectivity index (χ0v) is 16.0. The number of alkyl carbamates (subject to hydrolysis) is 1. The summed E-state index contributed by atoms with van der Waals surface area (Å²) in [7, 11) is 0. The van der Waals surface area contributed by atoms with E-state index in [0.29, 0.717) is 0 Å². The van der Waals surface area contributed by atoms with Gasteiger partial charge in [-0.1, -0.05) is 30.3 Å². The number of benzene rings is 2. The van der Waals surface area contributed by atoms with Crippen LogP contribution in [0.25, 0.3) is 10.9 Å². The fraction of sp³-hybridized carbons (Fsp3) is 0.238. The normalized spacial score (nSPS) is 12.9. The van der Waals surface area contributed by atoms with Crippen LogP contribution >= 0.6 is 0 Å². The van der Waals surface area contributed by atoms with Crippen LogP contribution in [-0.4, -0.2) is 38.9 Å². The minimum absolute atomic E-state index is 0.0485. The summed E-state index contributed by atoms with van der Waals surface area (Å²) in [6.45, 7) is 0.197. The fourth-order valence-electron chi connectivity index (χ4n) is 3.04. The van der Waals surface area contributed by atoms with Gasteiger partial charge in [-0.25, -0.2) is 4.79 Å². The third-order valence-electron chi connectivity index (χ3n) is 4.58. The van der Waals surface area contributed by atoms with Gasteiger partial charge in [0.2, 0.25) is 0 Å². The highest BCUT2D eigenvalue weighted by atomic mass is 16.6. The Hall–Kier alpha value is -3.56. The summed E-state index contributed by atoms with van der Waals surface area (Å²) in [4.78, 5) is 26.6. The monoisotopic (exact) mass is 411 g/mol. The molecule has 156 valence electrons. The Balaban J connectivity index is 1.57. The van der Waals surface area contributed by atoms with Crippen molar-refractivity contribution in [2.24, 2.45) is 0 Å². The molecular formula is C21H21N3O6. The van der Waals surface area contributed by atoms with Gasteiger partial charge in [0.05, 0.1) is 21.9 Å². The molecule has 0 aliphatic carbocycles. The topological polar surface area (TPSA) is 135 Å². The van der Waals surface area contributed by atoms with Gasteiger partial charge in [-0.2, -0.15) is 0 Å². The lowest BCUT2D eigenvalue weighted by Gasteiger charge is -2.19. The lowest BCUT2D eigenvalue weighted by atomic mass is 9.98. The maximum atomic E-state index is 11.8. The van der Waals surface area contributed by atoms with Gasteiger partial charge >= 0.3 is 6.09 Å². The first-order chi connectivity index (χ1) is 14.5. The molecule has 3 rings (SSSR count). The first-order valence-electron chi connectivity index (χ1n) is 9.30. The molecular weight excluding hydrogens is 390 g/mol. The smallest absolute Gasteiger partial charge is 0.407 e. The summed E-state index contributed by atoms with van der Waals surface area (Å²) in [5.74, 6) is 0. The zero-order chi connectivity index (χ0) is 21.5. The largest absolute Gasteiger partial charge is 0.445 e. The number of rotatable bonds is 8. The average molecular weight is 411 g/mol. The second kappa shape index (κ2) is 9.77. The number of nitrogens with one attached hydrogen (secondary N) is 1. The molecule has 3 aromatic rings. The van der Waals surface area contributed by atoms with Gasteiger partial charge in [-0.05, 0) is 30.2 Å². The summed E-state index contributed by atoms with van der Waals surface area (Å²) in [6.07, 6.45) is -1.68. The van der Waals surface area contributed by atoms with Crippen molar-refractivity contribution < 1.29 is 24.7 Å². The van der Waals surface area contributed by atoms with Crippen molar-refractivity contribution in [3.05, 3.63) is 82.0 Å². The van der Waals surface area contributed by atoms with Crippen molar-refractivity contribution >= 4 is 22.7 Å². The van der Waals surface area contributed by atoms with Crippen molar-refractivity contribution in [1.82, 2.24) is 10.3 Å². The number of fused-ring (bicyclic) bond motifs is 1. The van der Waals surface area contributed by atoms with E-state index in [9.17, 15) is 25.1 Å². The van der Waals surface area contributed by atoms with E-state index in [1.807, 2.05) is 30.3 Å². The van der Waals surface area contributed by atoms with Crippen LogP contribution in [0.1, 0.15) is 23.7 Å². The van der Waals surface area contributed by atoms with Gasteiger partial charge in [-0.15, -0.1) is 0 Å². The lowest BCUT2D eigenvalue weighted by molar-refractivity contribution is -0.383. The van der Waals surface area contributed by atoms with Crippen molar-refractivity contribution in [2.75, 3.05) is 6.54 Å². The Morgan fingerprint density at radius 1 is 1.13 bits per heavy atom. The molecule has 0 spiro atoms. The third-order valence-corrected chi connectivity index (χ3v) is 4.58. The van der Waals surface area contributed by atoms with Crippen molar-refractivity contribution in [1.29, 1.82) is 0 Å². The number of aromatic nitrogens is 1. The standard InChI is InChI=1S/C21H21N3O6/c25-18(10-12-23-21(27)30-13-14-5-2-1-3-6-14)20(26)16-8-9-17(24(28)29)15-7-4-11-22-19(15)16/h1-9,11,18,20,25-26H,10,12-13H2,(H,23,27). The summed E-state index contributed by atoms with van der Waals surface area (Å²) in [5.41, 5.74) is 1.23.